The van der Waals surface area contributed by atoms with Gasteiger partial charge in [-0.15, -0.1) is 11.3 Å². The van der Waals surface area contributed by atoms with E-state index in [1.165, 1.54) is 0 Å². The fourth-order valence-corrected chi connectivity index (χ4v) is 5.23. The average Bonchev–Trinajstić information content (AvgIpc) is 3.38. The lowest BCUT2D eigenvalue weighted by Crippen LogP contribution is -2.14. The summed E-state index contributed by atoms with van der Waals surface area (Å²) in [5, 5.41) is 10.3. The van der Waals surface area contributed by atoms with Gasteiger partial charge in [0.25, 0.3) is 0 Å². The molecular formula is C23H25N5O2S2. The van der Waals surface area contributed by atoms with Crippen molar-refractivity contribution >= 4 is 33.3 Å². The van der Waals surface area contributed by atoms with E-state index in [0.29, 0.717) is 11.9 Å². The molecular weight excluding hydrogens is 442 g/mol. The molecule has 166 valence electrons. The van der Waals surface area contributed by atoms with Gasteiger partial charge in [-0.3, -0.25) is 0 Å². The van der Waals surface area contributed by atoms with Gasteiger partial charge in [0.2, 0.25) is 0 Å². The molecule has 1 unspecified atom stereocenters. The number of nitrogens with zero attached hydrogens (tertiary/aromatic N) is 5. The summed E-state index contributed by atoms with van der Waals surface area (Å²) < 4.78 is 7.33. The van der Waals surface area contributed by atoms with Crippen molar-refractivity contribution in [3.8, 4) is 0 Å². The van der Waals surface area contributed by atoms with E-state index in [-0.39, 0.29) is 11.4 Å². The fourth-order valence-electron chi connectivity index (χ4n) is 2.90. The summed E-state index contributed by atoms with van der Waals surface area (Å²) in [4.78, 5) is 21.3. The average molecular weight is 468 g/mol. The van der Waals surface area contributed by atoms with E-state index in [4.69, 9.17) is 4.74 Å². The van der Waals surface area contributed by atoms with E-state index in [2.05, 4.69) is 31.0 Å². The van der Waals surface area contributed by atoms with Gasteiger partial charge in [-0.05, 0) is 51.0 Å². The van der Waals surface area contributed by atoms with Gasteiger partial charge >= 0.3 is 0 Å². The van der Waals surface area contributed by atoms with Crippen molar-refractivity contribution in [2.24, 2.45) is 0 Å². The summed E-state index contributed by atoms with van der Waals surface area (Å²) >= 11 is 3.19. The molecule has 4 aromatic rings. The summed E-state index contributed by atoms with van der Waals surface area (Å²) in [5.74, 6) is 1.27. The summed E-state index contributed by atoms with van der Waals surface area (Å²) in [6.07, 6.45) is 6.82. The first-order chi connectivity index (χ1) is 15.4. The highest BCUT2D eigenvalue weighted by Gasteiger charge is 2.38. The van der Waals surface area contributed by atoms with E-state index in [0.717, 1.165) is 31.5 Å². The molecule has 3 aromatic heterocycles. The first-order valence-corrected chi connectivity index (χ1v) is 12.0. The molecule has 1 aliphatic heterocycles. The van der Waals surface area contributed by atoms with Gasteiger partial charge in [0, 0.05) is 30.0 Å². The van der Waals surface area contributed by atoms with E-state index < -0.39 is 6.10 Å². The van der Waals surface area contributed by atoms with Crippen LogP contribution in [0.25, 0.3) is 10.2 Å². The number of rotatable bonds is 5. The lowest BCUT2D eigenvalue weighted by molar-refractivity contribution is 0.169. The molecule has 0 spiro atoms. The Hall–Kier alpha value is -2.46. The van der Waals surface area contributed by atoms with Gasteiger partial charge in [0.1, 0.15) is 12.2 Å². The van der Waals surface area contributed by atoms with E-state index in [1.54, 1.807) is 35.5 Å². The van der Waals surface area contributed by atoms with Gasteiger partial charge < -0.3 is 9.84 Å². The minimum absolute atomic E-state index is 0.0618. The van der Waals surface area contributed by atoms with Gasteiger partial charge in [-0.2, -0.15) is 0 Å². The second-order valence-corrected chi connectivity index (χ2v) is 10.4. The summed E-state index contributed by atoms with van der Waals surface area (Å²) in [6.45, 7) is 7.88. The SMILES string of the molecule is Cc1cnc(C2O[C@@H]2C)nc1.Cc1cnc([C@@H](O)[C@H](C)Sc2nc3ccccc3s2)nc1. The summed E-state index contributed by atoms with van der Waals surface area (Å²) in [6, 6.07) is 8.05. The molecule has 1 saturated heterocycles. The third-order valence-electron chi connectivity index (χ3n) is 4.84. The number of hydrogen-bond donors (Lipinski definition) is 1. The number of epoxide rings is 1. The van der Waals surface area contributed by atoms with Crippen molar-refractivity contribution in [2.75, 3.05) is 0 Å². The van der Waals surface area contributed by atoms with E-state index in [9.17, 15) is 5.11 Å². The number of aromatic nitrogens is 5. The number of aliphatic hydroxyl groups excluding tert-OH is 1. The van der Waals surface area contributed by atoms with Crippen LogP contribution in [-0.2, 0) is 4.74 Å². The summed E-state index contributed by atoms with van der Waals surface area (Å²) in [7, 11) is 0. The quantitative estimate of drug-likeness (QED) is 0.328. The number of hydrogen-bond acceptors (Lipinski definition) is 9. The van der Waals surface area contributed by atoms with Gasteiger partial charge in [0.05, 0.1) is 16.3 Å². The molecule has 5 rings (SSSR count). The van der Waals surface area contributed by atoms with Crippen LogP contribution in [0.4, 0.5) is 0 Å². The number of para-hydroxylation sites is 1. The van der Waals surface area contributed by atoms with E-state index >= 15 is 0 Å². The number of thiazole rings is 1. The van der Waals surface area contributed by atoms with Crippen molar-refractivity contribution in [3.63, 3.8) is 0 Å². The van der Waals surface area contributed by atoms with E-state index in [1.807, 2.05) is 58.3 Å². The van der Waals surface area contributed by atoms with Gasteiger partial charge in [0.15, 0.2) is 16.0 Å². The molecule has 9 heteroatoms. The second kappa shape index (κ2) is 9.99. The highest BCUT2D eigenvalue weighted by Crippen LogP contribution is 2.36. The first kappa shape index (κ1) is 22.7. The van der Waals surface area contributed by atoms with Crippen LogP contribution in [-0.4, -0.2) is 41.4 Å². The van der Waals surface area contributed by atoms with Crippen LogP contribution in [0.5, 0.6) is 0 Å². The molecule has 0 radical (unpaired) electrons. The molecule has 7 nitrogen and oxygen atoms in total. The molecule has 0 aliphatic carbocycles. The molecule has 1 N–H and O–H groups in total. The van der Waals surface area contributed by atoms with Crippen LogP contribution in [0, 0.1) is 13.8 Å². The Morgan fingerprint density at radius 2 is 1.59 bits per heavy atom. The molecule has 0 amide bonds. The molecule has 32 heavy (non-hydrogen) atoms. The lowest BCUT2D eigenvalue weighted by atomic mass is 10.2. The number of aryl methyl sites for hydroxylation is 2. The minimum Gasteiger partial charge on any atom is -0.384 e. The number of thioether (sulfide) groups is 1. The Morgan fingerprint density at radius 1 is 1.00 bits per heavy atom. The largest absolute Gasteiger partial charge is 0.384 e. The van der Waals surface area contributed by atoms with Crippen molar-refractivity contribution in [3.05, 3.63) is 71.8 Å². The number of aliphatic hydroxyl groups is 1. The zero-order valence-corrected chi connectivity index (χ0v) is 20.0. The molecule has 4 atom stereocenters. The minimum atomic E-state index is -0.706. The van der Waals surface area contributed by atoms with Crippen molar-refractivity contribution < 1.29 is 9.84 Å². The maximum atomic E-state index is 10.3. The Balaban J connectivity index is 0.000000186. The normalized spacial score (nSPS) is 19.2. The van der Waals surface area contributed by atoms with Gasteiger partial charge in [-0.25, -0.2) is 24.9 Å². The smallest absolute Gasteiger partial charge is 0.159 e. The number of ether oxygens (including phenoxy) is 1. The molecule has 0 bridgehead atoms. The molecule has 1 aromatic carbocycles. The van der Waals surface area contributed by atoms with Crippen LogP contribution in [0.2, 0.25) is 0 Å². The zero-order chi connectivity index (χ0) is 22.7. The van der Waals surface area contributed by atoms with Crippen LogP contribution in [0.3, 0.4) is 0 Å². The maximum Gasteiger partial charge on any atom is 0.159 e. The standard InChI is InChI=1S/C15H15N3OS2.C8H10N2O/c1-9-7-16-14(17-8-9)13(19)10(2)20-15-18-11-5-3-4-6-12(11)21-15;1-5-3-9-8(10-4-5)7-6(2)11-7/h3-8,10,13,19H,1-2H3;3-4,6-7H,1-2H3/t10-,13-;6-,7?/m01/s1. The monoisotopic (exact) mass is 467 g/mol. The molecule has 1 aliphatic rings. The van der Waals surface area contributed by atoms with Crippen LogP contribution >= 0.6 is 23.1 Å². The molecule has 1 fully saturated rings. The van der Waals surface area contributed by atoms with Crippen LogP contribution < -0.4 is 0 Å². The molecule has 0 saturated carbocycles. The highest BCUT2D eigenvalue weighted by atomic mass is 32.2. The second-order valence-electron chi connectivity index (χ2n) is 7.71. The third-order valence-corrected chi connectivity index (χ3v) is 7.13. The third kappa shape index (κ3) is 5.66. The Kier molecular flexibility index (Phi) is 7.10. The number of benzene rings is 1. The van der Waals surface area contributed by atoms with Crippen LogP contribution in [0.1, 0.15) is 48.8 Å². The predicted octanol–water partition coefficient (Wildman–Crippen LogP) is 4.85. The first-order valence-electron chi connectivity index (χ1n) is 10.3. The fraction of sp³-hybridized carbons (Fsp3) is 0.348. The Morgan fingerprint density at radius 3 is 2.19 bits per heavy atom. The summed E-state index contributed by atoms with van der Waals surface area (Å²) in [5.41, 5.74) is 3.07. The molecule has 4 heterocycles. The Labute approximate surface area is 195 Å². The topological polar surface area (TPSA) is 97.2 Å². The highest BCUT2D eigenvalue weighted by molar-refractivity contribution is 8.01. The Bertz CT molecular complexity index is 1130. The number of fused-ring (bicyclic) bond motifs is 1. The predicted molar refractivity (Wildman–Crippen MR) is 127 cm³/mol. The van der Waals surface area contributed by atoms with Crippen molar-refractivity contribution in [1.29, 1.82) is 0 Å². The van der Waals surface area contributed by atoms with Crippen molar-refractivity contribution in [1.82, 2.24) is 24.9 Å². The maximum absolute atomic E-state index is 10.3. The van der Waals surface area contributed by atoms with Gasteiger partial charge in [-0.1, -0.05) is 23.9 Å². The lowest BCUT2D eigenvalue weighted by Gasteiger charge is -2.15. The van der Waals surface area contributed by atoms with Crippen LogP contribution in [0.15, 0.2) is 53.4 Å². The zero-order valence-electron chi connectivity index (χ0n) is 18.3. The van der Waals surface area contributed by atoms with Crippen molar-refractivity contribution in [2.45, 2.75) is 55.6 Å².